The zero-order chi connectivity index (χ0) is 54.4. The number of alkyl carbamates (subject to hydrolysis) is 1. The smallest absolute Gasteiger partial charge is 0.410 e. The van der Waals surface area contributed by atoms with Gasteiger partial charge >= 0.3 is 24.0 Å². The van der Waals surface area contributed by atoms with Crippen molar-refractivity contribution in [2.75, 3.05) is 63.4 Å². The molecule has 9 N–H and O–H groups in total. The minimum Gasteiger partial charge on any atom is -0.444 e. The summed E-state index contributed by atoms with van der Waals surface area (Å²) in [6.07, 6.45) is 4.66. The lowest BCUT2D eigenvalue weighted by atomic mass is 10.0. The molecule has 22 heteroatoms. The number of aromatic nitrogens is 4. The van der Waals surface area contributed by atoms with Gasteiger partial charge in [-0.15, -0.1) is 0 Å². The van der Waals surface area contributed by atoms with E-state index in [0.717, 1.165) is 12.8 Å². The second-order valence-corrected chi connectivity index (χ2v) is 21.1. The molecule has 0 bridgehead atoms. The number of rotatable bonds is 29. The molecule has 1 atom stereocenters. The molecular weight excluding hydrogens is 941 g/mol. The molecule has 408 valence electrons. The third-order valence-corrected chi connectivity index (χ3v) is 10.9. The normalized spacial score (nSPS) is 12.2. The van der Waals surface area contributed by atoms with Crippen LogP contribution >= 0.6 is 0 Å². The molecule has 0 saturated heterocycles. The van der Waals surface area contributed by atoms with E-state index in [9.17, 15) is 33.6 Å². The van der Waals surface area contributed by atoms with Gasteiger partial charge in [-0.2, -0.15) is 9.97 Å². The van der Waals surface area contributed by atoms with Crippen molar-refractivity contribution in [2.45, 2.75) is 169 Å². The minimum absolute atomic E-state index is 0.143. The van der Waals surface area contributed by atoms with Crippen LogP contribution in [0.25, 0.3) is 11.2 Å². The first-order valence-corrected chi connectivity index (χ1v) is 25.6. The second kappa shape index (κ2) is 29.3. The van der Waals surface area contributed by atoms with Gasteiger partial charge in [-0.25, -0.2) is 19.2 Å². The number of nitrogens with two attached hydrogens (primary N) is 2. The number of fused-ring (bicyclic) bond motifs is 1. The van der Waals surface area contributed by atoms with Crippen molar-refractivity contribution in [3.8, 4) is 0 Å². The van der Waals surface area contributed by atoms with Gasteiger partial charge in [-0.1, -0.05) is 25.5 Å². The molecule has 5 amide bonds. The fourth-order valence-corrected chi connectivity index (χ4v) is 7.31. The van der Waals surface area contributed by atoms with Gasteiger partial charge in [0.05, 0.1) is 19.1 Å². The Morgan fingerprint density at radius 1 is 0.726 bits per heavy atom. The van der Waals surface area contributed by atoms with E-state index >= 15 is 0 Å². The van der Waals surface area contributed by atoms with Crippen molar-refractivity contribution in [3.63, 3.8) is 0 Å². The van der Waals surface area contributed by atoms with Crippen molar-refractivity contribution in [1.29, 1.82) is 0 Å². The van der Waals surface area contributed by atoms with Gasteiger partial charge in [0, 0.05) is 51.3 Å². The zero-order valence-corrected chi connectivity index (χ0v) is 45.0. The van der Waals surface area contributed by atoms with Gasteiger partial charge < -0.3 is 61.7 Å². The number of H-pyrrole nitrogens is 1. The third kappa shape index (κ3) is 23.3. The summed E-state index contributed by atoms with van der Waals surface area (Å²) in [5.74, 6) is -0.735. The Hall–Kier alpha value is -6.45. The van der Waals surface area contributed by atoms with Gasteiger partial charge in [-0.3, -0.25) is 19.0 Å². The molecule has 1 aromatic carbocycles. The number of anilines is 2. The number of ketones is 1. The van der Waals surface area contributed by atoms with Gasteiger partial charge in [0.2, 0.25) is 11.9 Å². The standard InChI is InChI=1S/C51H84N12O10/c1-11-12-27-54-44-59-41(53)40-42(60-44)63(45(67)58-40)34-35-22-24-36(25-23-35)43(66)56-33-39(65)57-37(20-13-15-26-52)38(64)21-14-16-29-61(47(69)72-50(5,6)7)30-17-18-31-62(48(70)73-51(8,9)10)32-19-28-55-46(68)71-49(2,3)4/h22-25,37H,11-21,26-34,52H2,1-10H3,(H,55,68)(H,56,66)(H,57,65)(H,58,67)(H3,53,54,59,60)/t37-/m0/s1. The highest BCUT2D eigenvalue weighted by molar-refractivity contribution is 5.97. The maximum atomic E-state index is 13.6. The Bertz CT molecular complexity index is 2310. The monoisotopic (exact) mass is 1020 g/mol. The largest absolute Gasteiger partial charge is 0.444 e. The summed E-state index contributed by atoms with van der Waals surface area (Å²) >= 11 is 0. The molecule has 0 aliphatic rings. The van der Waals surface area contributed by atoms with Gasteiger partial charge in [-0.05, 0) is 144 Å². The fraction of sp³-hybridized carbons (Fsp3) is 0.667. The molecule has 2 aromatic heterocycles. The van der Waals surface area contributed by atoms with E-state index in [4.69, 9.17) is 25.7 Å². The van der Waals surface area contributed by atoms with Crippen LogP contribution in [0.5, 0.6) is 0 Å². The maximum absolute atomic E-state index is 13.6. The van der Waals surface area contributed by atoms with Gasteiger partial charge in [0.1, 0.15) is 22.3 Å². The number of aromatic amines is 1. The summed E-state index contributed by atoms with van der Waals surface area (Å²) in [4.78, 5) is 106. The number of unbranched alkanes of at least 4 members (excludes halogenated alkanes) is 4. The lowest BCUT2D eigenvalue weighted by Gasteiger charge is -2.29. The van der Waals surface area contributed by atoms with Crippen molar-refractivity contribution < 1.29 is 43.0 Å². The predicted octanol–water partition coefficient (Wildman–Crippen LogP) is 6.21. The molecule has 2 heterocycles. The molecule has 73 heavy (non-hydrogen) atoms. The van der Waals surface area contributed by atoms with Crippen molar-refractivity contribution in [2.24, 2.45) is 5.73 Å². The molecule has 0 aliphatic heterocycles. The van der Waals surface area contributed by atoms with E-state index in [1.54, 1.807) is 96.4 Å². The highest BCUT2D eigenvalue weighted by atomic mass is 16.6. The molecule has 0 unspecified atom stereocenters. The molecular formula is C51H84N12O10. The first-order valence-electron chi connectivity index (χ1n) is 25.6. The van der Waals surface area contributed by atoms with E-state index in [1.807, 2.05) is 0 Å². The molecule has 3 aromatic rings. The third-order valence-electron chi connectivity index (χ3n) is 10.9. The SMILES string of the molecule is CCCCNc1nc(N)c2[nH]c(=O)n(Cc3ccc(C(=O)NCC(=O)N[C@@H](CCCCN)C(=O)CCCCN(CCCCN(CCCNC(=O)OC(C)(C)C)C(=O)OC(C)(C)C)C(=O)OC(C)(C)C)cc3)c2n1. The van der Waals surface area contributed by atoms with E-state index in [1.165, 1.54) is 4.57 Å². The van der Waals surface area contributed by atoms with Crippen LogP contribution in [-0.4, -0.2) is 140 Å². The van der Waals surface area contributed by atoms with Crippen LogP contribution in [0.1, 0.15) is 156 Å². The number of hydrogen-bond acceptors (Lipinski definition) is 15. The number of carbonyl (C=O) groups excluding carboxylic acids is 6. The van der Waals surface area contributed by atoms with Gasteiger partial charge in [0.25, 0.3) is 5.91 Å². The van der Waals surface area contributed by atoms with Crippen LogP contribution in [0.4, 0.5) is 26.1 Å². The van der Waals surface area contributed by atoms with Crippen molar-refractivity contribution >= 4 is 58.8 Å². The Morgan fingerprint density at radius 3 is 1.86 bits per heavy atom. The lowest BCUT2D eigenvalue weighted by Crippen LogP contribution is -2.45. The molecule has 0 fully saturated rings. The number of ether oxygens (including phenoxy) is 3. The molecule has 0 radical (unpaired) electrons. The molecule has 22 nitrogen and oxygen atoms in total. The summed E-state index contributed by atoms with van der Waals surface area (Å²) in [6.45, 7) is 20.6. The van der Waals surface area contributed by atoms with Crippen LogP contribution in [0.3, 0.4) is 0 Å². The number of hydrogen-bond donors (Lipinski definition) is 7. The Kier molecular flexibility index (Phi) is 24.4. The maximum Gasteiger partial charge on any atom is 0.410 e. The number of nitrogens with zero attached hydrogens (tertiary/aromatic N) is 5. The quantitative estimate of drug-likeness (QED) is 0.0300. The second-order valence-electron chi connectivity index (χ2n) is 21.1. The number of benzene rings is 1. The minimum atomic E-state index is -0.796. The van der Waals surface area contributed by atoms with Crippen LogP contribution in [-0.2, 0) is 30.3 Å². The van der Waals surface area contributed by atoms with Crippen LogP contribution in [0.2, 0.25) is 0 Å². The van der Waals surface area contributed by atoms with Crippen LogP contribution < -0.4 is 38.4 Å². The number of amides is 5. The molecule has 0 spiro atoms. The topological polar surface area (TPSA) is 300 Å². The van der Waals surface area contributed by atoms with E-state index in [0.29, 0.717) is 120 Å². The number of nitrogen functional groups attached to an aromatic ring is 1. The van der Waals surface area contributed by atoms with Crippen LogP contribution in [0.15, 0.2) is 29.1 Å². The first-order chi connectivity index (χ1) is 34.3. The van der Waals surface area contributed by atoms with Crippen LogP contribution in [0, 0.1) is 0 Å². The molecule has 3 rings (SSSR count). The van der Waals surface area contributed by atoms with E-state index in [-0.39, 0.29) is 36.7 Å². The summed E-state index contributed by atoms with van der Waals surface area (Å²) in [5.41, 5.74) is 11.0. The highest BCUT2D eigenvalue weighted by Crippen LogP contribution is 2.19. The Labute approximate surface area is 430 Å². The first kappa shape index (κ1) is 60.9. The van der Waals surface area contributed by atoms with E-state index in [2.05, 4.69) is 43.1 Å². The number of Topliss-reactive ketones (excluding diaryl/α,β-unsaturated/α-hetero) is 1. The number of carbonyl (C=O) groups is 6. The number of imidazole rings is 1. The molecule has 0 aliphatic carbocycles. The molecule has 0 saturated carbocycles. The Morgan fingerprint density at radius 2 is 1.30 bits per heavy atom. The number of nitrogens with one attached hydrogen (secondary N) is 5. The summed E-state index contributed by atoms with van der Waals surface area (Å²) in [5, 5.41) is 11.3. The summed E-state index contributed by atoms with van der Waals surface area (Å²) < 4.78 is 18.1. The van der Waals surface area contributed by atoms with Crippen molar-refractivity contribution in [1.82, 2.24) is 45.3 Å². The lowest BCUT2D eigenvalue weighted by molar-refractivity contribution is -0.127. The highest BCUT2D eigenvalue weighted by Gasteiger charge is 2.26. The van der Waals surface area contributed by atoms with Crippen molar-refractivity contribution in [3.05, 3.63) is 45.9 Å². The summed E-state index contributed by atoms with van der Waals surface area (Å²) in [7, 11) is 0. The fourth-order valence-electron chi connectivity index (χ4n) is 7.31. The Balaban J connectivity index is 1.54. The van der Waals surface area contributed by atoms with E-state index < -0.39 is 58.6 Å². The van der Waals surface area contributed by atoms with Gasteiger partial charge in [0.15, 0.2) is 17.2 Å². The average Bonchev–Trinajstić information content (AvgIpc) is 3.60. The predicted molar refractivity (Wildman–Crippen MR) is 281 cm³/mol. The average molecular weight is 1030 g/mol. The zero-order valence-electron chi connectivity index (χ0n) is 45.0. The summed E-state index contributed by atoms with van der Waals surface area (Å²) in [6, 6.07) is 5.78.